The minimum Gasteiger partial charge on any atom is -0.368 e. The van der Waals surface area contributed by atoms with Gasteiger partial charge in [0.1, 0.15) is 11.5 Å². The molecule has 3 heterocycles. The lowest BCUT2D eigenvalue weighted by molar-refractivity contribution is 0.978. The first-order valence-electron chi connectivity index (χ1n) is 8.96. The van der Waals surface area contributed by atoms with E-state index in [0.29, 0.717) is 34.6 Å². The molecule has 4 aromatic rings. The maximum Gasteiger partial charge on any atom is 0.258 e. The van der Waals surface area contributed by atoms with Gasteiger partial charge in [0.05, 0.1) is 11.4 Å². The van der Waals surface area contributed by atoms with E-state index in [4.69, 9.17) is 5.73 Å². The molecule has 4 rings (SSSR count). The van der Waals surface area contributed by atoms with Gasteiger partial charge in [0.2, 0.25) is 11.9 Å². The zero-order chi connectivity index (χ0) is 20.2. The normalized spacial score (nSPS) is 10.9. The van der Waals surface area contributed by atoms with E-state index in [0.717, 1.165) is 11.3 Å². The maximum atomic E-state index is 12.3. The van der Waals surface area contributed by atoms with Crippen LogP contribution in [0.5, 0.6) is 0 Å². The van der Waals surface area contributed by atoms with Crippen LogP contribution in [-0.4, -0.2) is 24.3 Å². The number of hydrogen-bond acceptors (Lipinski definition) is 8. The molecular weight excluding hydrogens is 386 g/mol. The van der Waals surface area contributed by atoms with Crippen LogP contribution in [-0.2, 0) is 11.5 Å². The summed E-state index contributed by atoms with van der Waals surface area (Å²) in [5.74, 6) is 2.20. The number of pyridine rings is 1. The molecule has 0 unspecified atom stereocenters. The smallest absolute Gasteiger partial charge is 0.258 e. The molecular formula is C20H19N7OS. The molecule has 0 amide bonds. The van der Waals surface area contributed by atoms with Crippen molar-refractivity contribution in [2.24, 2.45) is 0 Å². The summed E-state index contributed by atoms with van der Waals surface area (Å²) in [6.07, 6.45) is 1.79. The molecule has 146 valence electrons. The van der Waals surface area contributed by atoms with E-state index in [1.54, 1.807) is 28.4 Å². The van der Waals surface area contributed by atoms with E-state index in [1.807, 2.05) is 49.4 Å². The first kappa shape index (κ1) is 18.9. The highest BCUT2D eigenvalue weighted by Crippen LogP contribution is 2.17. The zero-order valence-corrected chi connectivity index (χ0v) is 16.6. The van der Waals surface area contributed by atoms with Crippen LogP contribution in [0.2, 0.25) is 0 Å². The SMILES string of the molecule is Cc1ccc2nc(CSCc3nc(N)nc(Nc4ccccc4)n3)cc(=O)n2c1. The summed E-state index contributed by atoms with van der Waals surface area (Å²) in [7, 11) is 0. The van der Waals surface area contributed by atoms with Crippen molar-refractivity contribution in [3.05, 3.63) is 82.2 Å². The van der Waals surface area contributed by atoms with Crippen molar-refractivity contribution in [1.82, 2.24) is 24.3 Å². The molecule has 0 atom stereocenters. The Balaban J connectivity index is 1.45. The van der Waals surface area contributed by atoms with Gasteiger partial charge in [-0.1, -0.05) is 24.3 Å². The van der Waals surface area contributed by atoms with Crippen LogP contribution in [0.25, 0.3) is 5.65 Å². The Morgan fingerprint density at radius 3 is 2.69 bits per heavy atom. The van der Waals surface area contributed by atoms with E-state index >= 15 is 0 Å². The second-order valence-electron chi connectivity index (χ2n) is 6.44. The molecule has 0 aliphatic rings. The summed E-state index contributed by atoms with van der Waals surface area (Å²) in [5, 5.41) is 3.12. The van der Waals surface area contributed by atoms with Gasteiger partial charge in [-0.2, -0.15) is 15.0 Å². The number of hydrogen-bond donors (Lipinski definition) is 2. The van der Waals surface area contributed by atoms with Crippen LogP contribution in [0.1, 0.15) is 17.1 Å². The van der Waals surface area contributed by atoms with E-state index in [-0.39, 0.29) is 11.5 Å². The Kier molecular flexibility index (Phi) is 5.39. The third-order valence-corrected chi connectivity index (χ3v) is 5.03. The lowest BCUT2D eigenvalue weighted by Gasteiger charge is -2.07. The number of thioether (sulfide) groups is 1. The van der Waals surface area contributed by atoms with Crippen LogP contribution >= 0.6 is 11.8 Å². The number of rotatable bonds is 6. The molecule has 29 heavy (non-hydrogen) atoms. The van der Waals surface area contributed by atoms with Crippen molar-refractivity contribution in [2.45, 2.75) is 18.4 Å². The average Bonchev–Trinajstić information content (AvgIpc) is 2.69. The first-order chi connectivity index (χ1) is 14.1. The largest absolute Gasteiger partial charge is 0.368 e. The van der Waals surface area contributed by atoms with Gasteiger partial charge in [0.25, 0.3) is 5.56 Å². The van der Waals surface area contributed by atoms with Crippen molar-refractivity contribution in [3.8, 4) is 0 Å². The van der Waals surface area contributed by atoms with Gasteiger partial charge in [0, 0.05) is 23.7 Å². The van der Waals surface area contributed by atoms with Gasteiger partial charge in [-0.05, 0) is 30.7 Å². The van der Waals surface area contributed by atoms with Crippen molar-refractivity contribution < 1.29 is 0 Å². The number of nitrogens with zero attached hydrogens (tertiary/aromatic N) is 5. The molecule has 0 saturated carbocycles. The van der Waals surface area contributed by atoms with E-state index in [1.165, 1.54) is 0 Å². The van der Waals surface area contributed by atoms with Crippen LogP contribution in [0, 0.1) is 6.92 Å². The minimum absolute atomic E-state index is 0.0898. The molecule has 0 bridgehead atoms. The van der Waals surface area contributed by atoms with Crippen molar-refractivity contribution in [2.75, 3.05) is 11.1 Å². The Morgan fingerprint density at radius 2 is 1.86 bits per heavy atom. The van der Waals surface area contributed by atoms with Gasteiger partial charge < -0.3 is 11.1 Å². The van der Waals surface area contributed by atoms with Crippen molar-refractivity contribution >= 4 is 35.0 Å². The second kappa shape index (κ2) is 8.27. The molecule has 0 radical (unpaired) electrons. The van der Waals surface area contributed by atoms with Crippen LogP contribution in [0.4, 0.5) is 17.6 Å². The molecule has 8 nitrogen and oxygen atoms in total. The van der Waals surface area contributed by atoms with Crippen molar-refractivity contribution in [3.63, 3.8) is 0 Å². The third kappa shape index (κ3) is 4.69. The number of nitrogens with two attached hydrogens (primary N) is 1. The lowest BCUT2D eigenvalue weighted by Crippen LogP contribution is -2.15. The Bertz CT molecular complexity index is 1210. The fourth-order valence-corrected chi connectivity index (χ4v) is 3.56. The summed E-state index contributed by atoms with van der Waals surface area (Å²) < 4.78 is 1.55. The quantitative estimate of drug-likeness (QED) is 0.504. The molecule has 3 aromatic heterocycles. The van der Waals surface area contributed by atoms with Crippen LogP contribution in [0.15, 0.2) is 59.5 Å². The summed E-state index contributed by atoms with van der Waals surface area (Å²) in [6, 6.07) is 15.0. The van der Waals surface area contributed by atoms with Gasteiger partial charge in [-0.25, -0.2) is 4.98 Å². The Hall–Kier alpha value is -3.46. The highest BCUT2D eigenvalue weighted by atomic mass is 32.2. The molecule has 0 saturated heterocycles. The number of aryl methyl sites for hydroxylation is 1. The van der Waals surface area contributed by atoms with Crippen LogP contribution < -0.4 is 16.6 Å². The zero-order valence-electron chi connectivity index (χ0n) is 15.7. The number of benzene rings is 1. The van der Waals surface area contributed by atoms with E-state index in [9.17, 15) is 4.79 Å². The van der Waals surface area contributed by atoms with Gasteiger partial charge in [-0.15, -0.1) is 11.8 Å². The number of aromatic nitrogens is 5. The number of fused-ring (bicyclic) bond motifs is 1. The molecule has 0 aliphatic heterocycles. The topological polar surface area (TPSA) is 111 Å². The standard InChI is InChI=1S/C20H19N7OS/c1-13-7-8-17-22-15(9-18(28)27(17)10-13)11-29-12-16-24-19(21)26-20(25-16)23-14-5-3-2-4-6-14/h2-10H,11-12H2,1H3,(H3,21,23,24,25,26). The highest BCUT2D eigenvalue weighted by molar-refractivity contribution is 7.97. The molecule has 0 aliphatic carbocycles. The lowest BCUT2D eigenvalue weighted by atomic mass is 10.3. The van der Waals surface area contributed by atoms with E-state index < -0.39 is 0 Å². The molecule has 1 aromatic carbocycles. The molecule has 0 fully saturated rings. The van der Waals surface area contributed by atoms with Gasteiger partial charge >= 0.3 is 0 Å². The Morgan fingerprint density at radius 1 is 1.03 bits per heavy atom. The summed E-state index contributed by atoms with van der Waals surface area (Å²) in [5.41, 5.74) is 8.96. The predicted molar refractivity (Wildman–Crippen MR) is 115 cm³/mol. The monoisotopic (exact) mass is 405 g/mol. The fraction of sp³-hybridized carbons (Fsp3) is 0.150. The highest BCUT2D eigenvalue weighted by Gasteiger charge is 2.07. The third-order valence-electron chi connectivity index (χ3n) is 4.07. The van der Waals surface area contributed by atoms with Gasteiger partial charge in [-0.3, -0.25) is 9.20 Å². The van der Waals surface area contributed by atoms with E-state index in [2.05, 4.69) is 25.3 Å². The number of anilines is 3. The maximum absolute atomic E-state index is 12.3. The Labute approximate surface area is 171 Å². The van der Waals surface area contributed by atoms with Gasteiger partial charge in [0.15, 0.2) is 0 Å². The molecule has 0 spiro atoms. The summed E-state index contributed by atoms with van der Waals surface area (Å²) in [6.45, 7) is 1.94. The summed E-state index contributed by atoms with van der Waals surface area (Å²) in [4.78, 5) is 29.6. The average molecular weight is 405 g/mol. The number of nitrogens with one attached hydrogen (secondary N) is 1. The number of para-hydroxylation sites is 1. The predicted octanol–water partition coefficient (Wildman–Crippen LogP) is 2.95. The molecule has 3 N–H and O–H groups in total. The molecule has 9 heteroatoms. The summed E-state index contributed by atoms with van der Waals surface area (Å²) >= 11 is 1.56. The minimum atomic E-state index is -0.0898. The first-order valence-corrected chi connectivity index (χ1v) is 10.1. The van der Waals surface area contributed by atoms with Crippen molar-refractivity contribution in [1.29, 1.82) is 0 Å². The second-order valence-corrected chi connectivity index (χ2v) is 7.42. The van der Waals surface area contributed by atoms with Crippen LogP contribution in [0.3, 0.4) is 0 Å². The fourth-order valence-electron chi connectivity index (χ4n) is 2.79. The number of nitrogen functional groups attached to an aromatic ring is 1.